The molecule has 6 nitrogen and oxygen atoms in total. The number of alkyl halides is 1. The molecule has 1 fully saturated rings. The van der Waals surface area contributed by atoms with Gasteiger partial charge in [-0.3, -0.25) is 0 Å². The highest BCUT2D eigenvalue weighted by atomic mass is 79.9. The molecule has 2 aromatic carbocycles. The van der Waals surface area contributed by atoms with Crippen molar-refractivity contribution in [3.63, 3.8) is 0 Å². The van der Waals surface area contributed by atoms with E-state index in [-0.39, 0.29) is 5.56 Å². The summed E-state index contributed by atoms with van der Waals surface area (Å²) in [7, 11) is 0. The van der Waals surface area contributed by atoms with E-state index in [9.17, 15) is 25.5 Å². The summed E-state index contributed by atoms with van der Waals surface area (Å²) >= 11 is 2.83. The maximum absolute atomic E-state index is 11.0. The average molecular weight is 385 g/mol. The largest absolute Gasteiger partial charge is 0.387 e. The van der Waals surface area contributed by atoms with Gasteiger partial charge in [-0.15, -0.1) is 0 Å². The summed E-state index contributed by atoms with van der Waals surface area (Å²) in [6.45, 7) is 0. The van der Waals surface area contributed by atoms with Crippen LogP contribution < -0.4 is 0 Å². The van der Waals surface area contributed by atoms with Crippen LogP contribution in [0.1, 0.15) is 5.56 Å². The van der Waals surface area contributed by atoms with E-state index in [0.29, 0.717) is 5.39 Å². The molecule has 1 saturated heterocycles. The van der Waals surface area contributed by atoms with Crippen molar-refractivity contribution in [1.82, 2.24) is 0 Å². The Hall–Kier alpha value is -1.06. The molecular weight excluding hydrogens is 368 g/mol. The van der Waals surface area contributed by atoms with E-state index < -0.39 is 35.2 Å². The van der Waals surface area contributed by atoms with E-state index in [0.717, 1.165) is 5.39 Å². The highest BCUT2D eigenvalue weighted by Crippen LogP contribution is 2.41. The summed E-state index contributed by atoms with van der Waals surface area (Å²) in [5.74, 6) is 0. The van der Waals surface area contributed by atoms with Gasteiger partial charge in [0.1, 0.15) is 23.3 Å². The van der Waals surface area contributed by atoms with E-state index in [1.165, 1.54) is 0 Å². The highest BCUT2D eigenvalue weighted by Gasteiger charge is 2.57. The second-order valence-electron chi connectivity index (χ2n) is 5.61. The van der Waals surface area contributed by atoms with Crippen LogP contribution in [0.25, 0.3) is 10.8 Å². The molecular formula is C16H17BrO6. The van der Waals surface area contributed by atoms with E-state index in [1.807, 2.05) is 18.2 Å². The van der Waals surface area contributed by atoms with Crippen LogP contribution in [0.2, 0.25) is 0 Å². The molecule has 23 heavy (non-hydrogen) atoms. The number of hydrogen-bond donors (Lipinski definition) is 5. The lowest BCUT2D eigenvalue weighted by Crippen LogP contribution is -2.65. The van der Waals surface area contributed by atoms with Crippen LogP contribution in [0.4, 0.5) is 0 Å². The number of aliphatic hydroxyl groups is 5. The number of halogens is 1. The third kappa shape index (κ3) is 2.58. The molecule has 1 aliphatic heterocycles. The van der Waals surface area contributed by atoms with E-state index in [4.69, 9.17) is 4.74 Å². The zero-order valence-corrected chi connectivity index (χ0v) is 13.5. The Balaban J connectivity index is 2.13. The number of fused-ring (bicyclic) bond motifs is 1. The van der Waals surface area contributed by atoms with Crippen LogP contribution >= 0.6 is 15.9 Å². The molecule has 6 atom stereocenters. The average Bonchev–Trinajstić information content (AvgIpc) is 2.55. The van der Waals surface area contributed by atoms with Gasteiger partial charge in [0.15, 0.2) is 11.9 Å². The summed E-state index contributed by atoms with van der Waals surface area (Å²) in [5.41, 5.74) is -2.00. The second kappa shape index (κ2) is 6.10. The van der Waals surface area contributed by atoms with Gasteiger partial charge in [0.05, 0.1) is 0 Å². The van der Waals surface area contributed by atoms with Crippen molar-refractivity contribution in [2.45, 2.75) is 35.2 Å². The lowest BCUT2D eigenvalue weighted by Gasteiger charge is -2.47. The van der Waals surface area contributed by atoms with Crippen LogP contribution in [0, 0.1) is 0 Å². The fourth-order valence-corrected chi connectivity index (χ4v) is 3.45. The van der Waals surface area contributed by atoms with Crippen LogP contribution in [0.3, 0.4) is 0 Å². The zero-order chi connectivity index (χ0) is 16.8. The van der Waals surface area contributed by atoms with Crippen molar-refractivity contribution in [2.24, 2.45) is 0 Å². The molecule has 0 aromatic heterocycles. The summed E-state index contributed by atoms with van der Waals surface area (Å²) in [5, 5.41) is 51.5. The van der Waals surface area contributed by atoms with Crippen LogP contribution in [-0.4, -0.2) is 55.1 Å². The number of rotatable bonds is 2. The maximum Gasteiger partial charge on any atom is 0.191 e. The molecule has 0 saturated carbocycles. The summed E-state index contributed by atoms with van der Waals surface area (Å²) in [6.07, 6.45) is -6.47. The Labute approximate surface area is 140 Å². The topological polar surface area (TPSA) is 110 Å². The first-order valence-corrected chi connectivity index (χ1v) is 8.01. The first kappa shape index (κ1) is 16.8. The van der Waals surface area contributed by atoms with Crippen molar-refractivity contribution in [3.05, 3.63) is 48.0 Å². The number of benzene rings is 2. The number of ether oxygens (including phenoxy) is 1. The predicted molar refractivity (Wildman–Crippen MR) is 85.7 cm³/mol. The van der Waals surface area contributed by atoms with Crippen LogP contribution in [0.5, 0.6) is 0 Å². The van der Waals surface area contributed by atoms with E-state index >= 15 is 0 Å². The first-order chi connectivity index (χ1) is 10.9. The quantitative estimate of drug-likeness (QED) is 0.472. The van der Waals surface area contributed by atoms with Gasteiger partial charge in [-0.2, -0.15) is 0 Å². The minimum absolute atomic E-state index is 0.233. The highest BCUT2D eigenvalue weighted by molar-refractivity contribution is 9.09. The Bertz CT molecular complexity index is 703. The van der Waals surface area contributed by atoms with Crippen molar-refractivity contribution in [3.8, 4) is 0 Å². The Morgan fingerprint density at radius 1 is 1.04 bits per heavy atom. The Kier molecular flexibility index (Phi) is 4.45. The molecule has 7 heteroatoms. The van der Waals surface area contributed by atoms with Gasteiger partial charge in [0.25, 0.3) is 0 Å². The SMILES string of the molecule is OC(Br)[C@H]1O[C@H](O)[C@@](O)(c2cccc3ccccc23)[C@@H](O)[C@H]1O. The molecule has 0 radical (unpaired) electrons. The zero-order valence-electron chi connectivity index (χ0n) is 12.0. The van der Waals surface area contributed by atoms with Crippen molar-refractivity contribution >= 4 is 26.7 Å². The third-order valence-electron chi connectivity index (χ3n) is 4.27. The third-order valence-corrected chi connectivity index (χ3v) is 4.79. The fraction of sp³-hybridized carbons (Fsp3) is 0.375. The number of hydrogen-bond acceptors (Lipinski definition) is 6. The molecule has 3 rings (SSSR count). The monoisotopic (exact) mass is 384 g/mol. The molecule has 124 valence electrons. The molecule has 0 spiro atoms. The van der Waals surface area contributed by atoms with Gasteiger partial charge in [-0.25, -0.2) is 0 Å². The van der Waals surface area contributed by atoms with Gasteiger partial charge in [0, 0.05) is 0 Å². The Morgan fingerprint density at radius 2 is 1.70 bits per heavy atom. The molecule has 0 aliphatic carbocycles. The lowest BCUT2D eigenvalue weighted by atomic mass is 9.79. The molecule has 0 bridgehead atoms. The summed E-state index contributed by atoms with van der Waals surface area (Å²) in [4.78, 5) is 0. The predicted octanol–water partition coefficient (Wildman–Crippen LogP) is 0.180. The van der Waals surface area contributed by atoms with Crippen LogP contribution in [0.15, 0.2) is 42.5 Å². The molecule has 1 aliphatic rings. The standard InChI is InChI=1S/C16H17BrO6/c17-14(20)12-11(18)13(19)16(22,15(21)23-12)10-7-3-5-8-4-1-2-6-9(8)10/h1-7,11-15,18-22H/t11-,12-,13-,14?,15-,16+/m0/s1. The molecule has 1 heterocycles. The smallest absolute Gasteiger partial charge is 0.191 e. The molecule has 5 N–H and O–H groups in total. The summed E-state index contributed by atoms with van der Waals surface area (Å²) in [6, 6.07) is 12.2. The minimum Gasteiger partial charge on any atom is -0.387 e. The van der Waals surface area contributed by atoms with Crippen LogP contribution in [-0.2, 0) is 10.3 Å². The van der Waals surface area contributed by atoms with Gasteiger partial charge < -0.3 is 30.3 Å². The fourth-order valence-electron chi connectivity index (χ4n) is 3.01. The normalized spacial score (nSPS) is 36.1. The van der Waals surface area contributed by atoms with E-state index in [1.54, 1.807) is 24.3 Å². The molecule has 2 aromatic rings. The minimum atomic E-state index is -2.24. The Morgan fingerprint density at radius 3 is 2.39 bits per heavy atom. The van der Waals surface area contributed by atoms with Crippen molar-refractivity contribution < 1.29 is 30.3 Å². The number of aliphatic hydroxyl groups excluding tert-OH is 4. The molecule has 1 unspecified atom stereocenters. The van der Waals surface area contributed by atoms with Gasteiger partial charge in [-0.1, -0.05) is 58.4 Å². The molecule has 0 amide bonds. The van der Waals surface area contributed by atoms with Gasteiger partial charge in [-0.05, 0) is 16.3 Å². The van der Waals surface area contributed by atoms with Gasteiger partial charge in [0.2, 0.25) is 0 Å². The van der Waals surface area contributed by atoms with E-state index in [2.05, 4.69) is 15.9 Å². The first-order valence-electron chi connectivity index (χ1n) is 7.09. The van der Waals surface area contributed by atoms with Gasteiger partial charge >= 0.3 is 0 Å². The lowest BCUT2D eigenvalue weighted by molar-refractivity contribution is -0.336. The maximum atomic E-state index is 11.0. The van der Waals surface area contributed by atoms with Crippen molar-refractivity contribution in [2.75, 3.05) is 0 Å². The summed E-state index contributed by atoms with van der Waals surface area (Å²) < 4.78 is 5.15. The second-order valence-corrected chi connectivity index (χ2v) is 6.55. The van der Waals surface area contributed by atoms with Crippen molar-refractivity contribution in [1.29, 1.82) is 0 Å².